The molecule has 1 saturated heterocycles. The first-order chi connectivity index (χ1) is 16.5. The molecule has 1 aliphatic rings. The number of hydrogen-bond acceptors (Lipinski definition) is 7. The van der Waals surface area contributed by atoms with Gasteiger partial charge in [-0.15, -0.1) is 11.3 Å². The Morgan fingerprint density at radius 2 is 1.91 bits per heavy atom. The molecular formula is C24H19ClN4O4S. The van der Waals surface area contributed by atoms with Crippen molar-refractivity contribution in [2.24, 2.45) is 0 Å². The second kappa shape index (κ2) is 9.38. The molecular weight excluding hydrogens is 476 g/mol. The van der Waals surface area contributed by atoms with E-state index in [1.165, 1.54) is 17.4 Å². The van der Waals surface area contributed by atoms with Crippen molar-refractivity contribution in [3.8, 4) is 10.6 Å². The average Bonchev–Trinajstić information content (AvgIpc) is 3.28. The summed E-state index contributed by atoms with van der Waals surface area (Å²) in [4.78, 5) is 30.6. The van der Waals surface area contributed by atoms with E-state index in [2.05, 4.69) is 10.3 Å². The van der Waals surface area contributed by atoms with Crippen molar-refractivity contribution < 1.29 is 14.5 Å². The molecule has 0 bridgehead atoms. The molecule has 172 valence electrons. The molecule has 10 heteroatoms. The Morgan fingerprint density at radius 3 is 2.65 bits per heavy atom. The van der Waals surface area contributed by atoms with E-state index < -0.39 is 10.8 Å². The standard InChI is InChI=1S/C24H19ClN4O4S/c25-18-14-16(6-7-17(18)24-27-19-3-1-2-4-22(19)34-24)26-23(30)15-5-8-20(21(13-15)29(31)32)28-9-11-33-12-10-28/h1-8,13-14H,9-12H2,(H,26,30). The highest BCUT2D eigenvalue weighted by atomic mass is 35.5. The molecule has 0 saturated carbocycles. The maximum absolute atomic E-state index is 12.8. The molecule has 34 heavy (non-hydrogen) atoms. The number of nitrogens with zero attached hydrogens (tertiary/aromatic N) is 3. The molecule has 3 aromatic carbocycles. The molecule has 2 heterocycles. The van der Waals surface area contributed by atoms with E-state index in [0.717, 1.165) is 20.8 Å². The predicted octanol–water partition coefficient (Wildman–Crippen LogP) is 5.61. The van der Waals surface area contributed by atoms with Crippen LogP contribution in [0.5, 0.6) is 0 Å². The molecule has 0 aliphatic carbocycles. The van der Waals surface area contributed by atoms with Crippen LogP contribution in [0.15, 0.2) is 60.7 Å². The fourth-order valence-electron chi connectivity index (χ4n) is 3.84. The van der Waals surface area contributed by atoms with Crippen molar-refractivity contribution >= 4 is 56.1 Å². The number of carbonyl (C=O) groups is 1. The molecule has 0 radical (unpaired) electrons. The smallest absolute Gasteiger partial charge is 0.293 e. The van der Waals surface area contributed by atoms with Crippen molar-refractivity contribution in [3.05, 3.63) is 81.4 Å². The average molecular weight is 495 g/mol. The molecule has 1 fully saturated rings. The van der Waals surface area contributed by atoms with E-state index in [0.29, 0.717) is 42.7 Å². The van der Waals surface area contributed by atoms with Crippen LogP contribution < -0.4 is 10.2 Å². The summed E-state index contributed by atoms with van der Waals surface area (Å²) in [5.74, 6) is -0.458. The number of rotatable bonds is 5. The van der Waals surface area contributed by atoms with Gasteiger partial charge in [-0.1, -0.05) is 23.7 Å². The number of benzene rings is 3. The first-order valence-electron chi connectivity index (χ1n) is 10.6. The Balaban J connectivity index is 1.37. The van der Waals surface area contributed by atoms with Crippen LogP contribution in [0.1, 0.15) is 10.4 Å². The fraction of sp³-hybridized carbons (Fsp3) is 0.167. The zero-order valence-corrected chi connectivity index (χ0v) is 19.4. The van der Waals surface area contributed by atoms with Crippen molar-refractivity contribution in [3.63, 3.8) is 0 Å². The molecule has 0 atom stereocenters. The van der Waals surface area contributed by atoms with E-state index in [1.807, 2.05) is 29.2 Å². The predicted molar refractivity (Wildman–Crippen MR) is 134 cm³/mol. The lowest BCUT2D eigenvalue weighted by Crippen LogP contribution is -2.36. The Kier molecular flexibility index (Phi) is 6.14. The monoisotopic (exact) mass is 494 g/mol. The van der Waals surface area contributed by atoms with E-state index in [1.54, 1.807) is 30.3 Å². The number of hydrogen-bond donors (Lipinski definition) is 1. The highest BCUT2D eigenvalue weighted by Crippen LogP contribution is 2.36. The third kappa shape index (κ3) is 4.45. The molecule has 4 aromatic rings. The lowest BCUT2D eigenvalue weighted by molar-refractivity contribution is -0.384. The number of thiazole rings is 1. The summed E-state index contributed by atoms with van der Waals surface area (Å²) < 4.78 is 6.38. The Hall–Kier alpha value is -3.53. The van der Waals surface area contributed by atoms with E-state index >= 15 is 0 Å². The van der Waals surface area contributed by atoms with Crippen LogP contribution in [-0.2, 0) is 4.74 Å². The maximum Gasteiger partial charge on any atom is 0.293 e. The van der Waals surface area contributed by atoms with Gasteiger partial charge < -0.3 is 15.0 Å². The van der Waals surface area contributed by atoms with Crippen LogP contribution in [0.2, 0.25) is 5.02 Å². The number of nitrogens with one attached hydrogen (secondary N) is 1. The summed E-state index contributed by atoms with van der Waals surface area (Å²) in [6, 6.07) is 17.5. The number of halogens is 1. The van der Waals surface area contributed by atoms with E-state index in [9.17, 15) is 14.9 Å². The minimum atomic E-state index is -0.467. The number of fused-ring (bicyclic) bond motifs is 1. The van der Waals surface area contributed by atoms with Crippen molar-refractivity contribution in [1.82, 2.24) is 4.98 Å². The first-order valence-corrected chi connectivity index (χ1v) is 11.8. The SMILES string of the molecule is O=C(Nc1ccc(-c2nc3ccccc3s2)c(Cl)c1)c1ccc(N2CCOCC2)c([N+](=O)[O-])c1. The van der Waals surface area contributed by atoms with Crippen LogP contribution in [0.3, 0.4) is 0 Å². The second-order valence-electron chi connectivity index (χ2n) is 7.70. The van der Waals surface area contributed by atoms with Crippen LogP contribution in [0.25, 0.3) is 20.8 Å². The van der Waals surface area contributed by atoms with Crippen LogP contribution in [0, 0.1) is 10.1 Å². The van der Waals surface area contributed by atoms with Gasteiger partial charge in [0.2, 0.25) is 0 Å². The molecule has 1 N–H and O–H groups in total. The molecule has 1 amide bonds. The number of ether oxygens (including phenoxy) is 1. The lowest BCUT2D eigenvalue weighted by Gasteiger charge is -2.28. The van der Waals surface area contributed by atoms with Crippen molar-refractivity contribution in [2.75, 3.05) is 36.5 Å². The summed E-state index contributed by atoms with van der Waals surface area (Å²) in [7, 11) is 0. The fourth-order valence-corrected chi connectivity index (χ4v) is 5.17. The summed E-state index contributed by atoms with van der Waals surface area (Å²) in [5.41, 5.74) is 2.71. The third-order valence-electron chi connectivity index (χ3n) is 5.54. The van der Waals surface area contributed by atoms with Crippen LogP contribution in [-0.4, -0.2) is 42.1 Å². The molecule has 0 spiro atoms. The summed E-state index contributed by atoms with van der Waals surface area (Å²) >= 11 is 8.04. The van der Waals surface area contributed by atoms with Gasteiger partial charge in [0.25, 0.3) is 11.6 Å². The highest BCUT2D eigenvalue weighted by molar-refractivity contribution is 7.21. The molecule has 8 nitrogen and oxygen atoms in total. The number of nitro groups is 1. The number of anilines is 2. The van der Waals surface area contributed by atoms with Gasteiger partial charge in [-0.2, -0.15) is 0 Å². The quantitative estimate of drug-likeness (QED) is 0.286. The van der Waals surface area contributed by atoms with Gasteiger partial charge in [0.05, 0.1) is 33.4 Å². The zero-order chi connectivity index (χ0) is 23.7. The summed E-state index contributed by atoms with van der Waals surface area (Å²) in [6.07, 6.45) is 0. The number of para-hydroxylation sites is 1. The lowest BCUT2D eigenvalue weighted by atomic mass is 10.1. The minimum absolute atomic E-state index is 0.112. The largest absolute Gasteiger partial charge is 0.378 e. The van der Waals surface area contributed by atoms with Gasteiger partial charge in [-0.3, -0.25) is 14.9 Å². The Morgan fingerprint density at radius 1 is 1.12 bits per heavy atom. The van der Waals surface area contributed by atoms with Crippen molar-refractivity contribution in [2.45, 2.75) is 0 Å². The molecule has 1 aliphatic heterocycles. The van der Waals surface area contributed by atoms with E-state index in [-0.39, 0.29) is 11.3 Å². The Labute approximate surface area is 203 Å². The highest BCUT2D eigenvalue weighted by Gasteiger charge is 2.23. The van der Waals surface area contributed by atoms with Gasteiger partial charge in [-0.05, 0) is 42.5 Å². The van der Waals surface area contributed by atoms with Gasteiger partial charge >= 0.3 is 0 Å². The summed E-state index contributed by atoms with van der Waals surface area (Å²) in [6.45, 7) is 2.14. The molecule has 1 aromatic heterocycles. The van der Waals surface area contributed by atoms with Gasteiger partial charge in [0, 0.05) is 36.0 Å². The number of amides is 1. The number of nitro benzene ring substituents is 1. The van der Waals surface area contributed by atoms with Crippen LogP contribution >= 0.6 is 22.9 Å². The van der Waals surface area contributed by atoms with Crippen LogP contribution in [0.4, 0.5) is 17.1 Å². The first kappa shape index (κ1) is 22.3. The minimum Gasteiger partial charge on any atom is -0.378 e. The zero-order valence-electron chi connectivity index (χ0n) is 17.9. The number of carbonyl (C=O) groups excluding carboxylic acids is 1. The second-order valence-corrected chi connectivity index (χ2v) is 9.13. The van der Waals surface area contributed by atoms with Crippen molar-refractivity contribution in [1.29, 1.82) is 0 Å². The van der Waals surface area contributed by atoms with Gasteiger partial charge in [-0.25, -0.2) is 4.98 Å². The number of morpholine rings is 1. The maximum atomic E-state index is 12.8. The topological polar surface area (TPSA) is 97.6 Å². The molecule has 0 unspecified atom stereocenters. The third-order valence-corrected chi connectivity index (χ3v) is 6.92. The summed E-state index contributed by atoms with van der Waals surface area (Å²) in [5, 5.41) is 15.7. The molecule has 5 rings (SSSR count). The van der Waals surface area contributed by atoms with Gasteiger partial charge in [0.15, 0.2) is 0 Å². The van der Waals surface area contributed by atoms with Gasteiger partial charge in [0.1, 0.15) is 10.7 Å². The Bertz CT molecular complexity index is 1370. The van der Waals surface area contributed by atoms with E-state index in [4.69, 9.17) is 16.3 Å². The number of aromatic nitrogens is 1. The normalized spacial score (nSPS) is 13.7.